The van der Waals surface area contributed by atoms with Crippen molar-refractivity contribution in [3.05, 3.63) is 29.8 Å². The molecule has 1 fully saturated rings. The largest absolute Gasteiger partial charge is 0.349 e. The summed E-state index contributed by atoms with van der Waals surface area (Å²) in [5.41, 5.74) is 6.31. The van der Waals surface area contributed by atoms with Gasteiger partial charge >= 0.3 is 0 Å². The van der Waals surface area contributed by atoms with Gasteiger partial charge in [-0.15, -0.1) is 0 Å². The molecular formula is C20H33N3O3S. The normalized spacial score (nSPS) is 20.6. The van der Waals surface area contributed by atoms with Gasteiger partial charge in [0.15, 0.2) is 0 Å². The molecule has 1 amide bonds. The van der Waals surface area contributed by atoms with Crippen LogP contribution in [0.15, 0.2) is 29.2 Å². The van der Waals surface area contributed by atoms with Gasteiger partial charge in [0.05, 0.1) is 4.90 Å². The van der Waals surface area contributed by atoms with Crippen LogP contribution in [-0.4, -0.2) is 44.3 Å². The SMILES string of the molecule is CCCN(CCC)S(=O)(=O)c1ccc(C(=O)NC2CCCCC2CN)cc1. The second-order valence-corrected chi connectivity index (χ2v) is 9.23. The quantitative estimate of drug-likeness (QED) is 0.672. The van der Waals surface area contributed by atoms with Crippen LogP contribution in [0.1, 0.15) is 62.7 Å². The van der Waals surface area contributed by atoms with Crippen molar-refractivity contribution in [1.82, 2.24) is 9.62 Å². The van der Waals surface area contributed by atoms with Crippen molar-refractivity contribution in [3.8, 4) is 0 Å². The Morgan fingerprint density at radius 2 is 1.70 bits per heavy atom. The topological polar surface area (TPSA) is 92.5 Å². The molecule has 1 aliphatic rings. The summed E-state index contributed by atoms with van der Waals surface area (Å²) in [5.74, 6) is 0.155. The molecule has 3 N–H and O–H groups in total. The summed E-state index contributed by atoms with van der Waals surface area (Å²) in [5, 5.41) is 3.08. The van der Waals surface area contributed by atoms with Crippen molar-refractivity contribution in [2.75, 3.05) is 19.6 Å². The van der Waals surface area contributed by atoms with Gasteiger partial charge in [-0.05, 0) is 62.4 Å². The Hall–Kier alpha value is -1.44. The molecule has 6 nitrogen and oxygen atoms in total. The van der Waals surface area contributed by atoms with E-state index in [9.17, 15) is 13.2 Å². The summed E-state index contributed by atoms with van der Waals surface area (Å²) >= 11 is 0. The van der Waals surface area contributed by atoms with E-state index in [1.165, 1.54) is 16.4 Å². The van der Waals surface area contributed by atoms with Crippen molar-refractivity contribution in [2.24, 2.45) is 11.7 Å². The van der Waals surface area contributed by atoms with Crippen LogP contribution in [0.25, 0.3) is 0 Å². The lowest BCUT2D eigenvalue weighted by Crippen LogP contribution is -2.44. The number of benzene rings is 1. The monoisotopic (exact) mass is 395 g/mol. The Morgan fingerprint density at radius 1 is 1.11 bits per heavy atom. The van der Waals surface area contributed by atoms with Gasteiger partial charge in [0.1, 0.15) is 0 Å². The van der Waals surface area contributed by atoms with Crippen LogP contribution in [-0.2, 0) is 10.0 Å². The van der Waals surface area contributed by atoms with Gasteiger partial charge in [-0.1, -0.05) is 26.7 Å². The maximum Gasteiger partial charge on any atom is 0.251 e. The molecule has 2 rings (SSSR count). The molecule has 0 saturated heterocycles. The number of hydrogen-bond acceptors (Lipinski definition) is 4. The Balaban J connectivity index is 2.10. The van der Waals surface area contributed by atoms with E-state index in [-0.39, 0.29) is 16.8 Å². The van der Waals surface area contributed by atoms with Crippen LogP contribution < -0.4 is 11.1 Å². The fourth-order valence-electron chi connectivity index (χ4n) is 3.71. The highest BCUT2D eigenvalue weighted by molar-refractivity contribution is 7.89. The maximum atomic E-state index is 12.8. The van der Waals surface area contributed by atoms with Gasteiger partial charge in [-0.3, -0.25) is 4.79 Å². The Bertz CT molecular complexity index is 698. The summed E-state index contributed by atoms with van der Waals surface area (Å²) in [4.78, 5) is 12.8. The summed E-state index contributed by atoms with van der Waals surface area (Å²) in [6.45, 7) is 5.50. The first-order valence-corrected chi connectivity index (χ1v) is 11.5. The summed E-state index contributed by atoms with van der Waals surface area (Å²) in [7, 11) is -3.52. The molecule has 0 aromatic heterocycles. The molecular weight excluding hydrogens is 362 g/mol. The lowest BCUT2D eigenvalue weighted by molar-refractivity contribution is 0.0908. The van der Waals surface area contributed by atoms with Gasteiger partial charge in [0, 0.05) is 24.7 Å². The minimum Gasteiger partial charge on any atom is -0.349 e. The predicted molar refractivity (Wildman–Crippen MR) is 108 cm³/mol. The number of nitrogens with zero attached hydrogens (tertiary/aromatic N) is 1. The van der Waals surface area contributed by atoms with Gasteiger partial charge in [0.2, 0.25) is 10.0 Å². The van der Waals surface area contributed by atoms with Gasteiger partial charge in [-0.25, -0.2) is 8.42 Å². The fourth-order valence-corrected chi connectivity index (χ4v) is 5.33. The summed E-state index contributed by atoms with van der Waals surface area (Å²) < 4.78 is 27.1. The first kappa shape index (κ1) is 21.9. The van der Waals surface area contributed by atoms with E-state index < -0.39 is 10.0 Å². The first-order valence-electron chi connectivity index (χ1n) is 10.0. The average molecular weight is 396 g/mol. The number of amides is 1. The zero-order valence-electron chi connectivity index (χ0n) is 16.5. The second kappa shape index (κ2) is 10.2. The lowest BCUT2D eigenvalue weighted by atomic mass is 9.84. The van der Waals surface area contributed by atoms with E-state index >= 15 is 0 Å². The second-order valence-electron chi connectivity index (χ2n) is 7.29. The number of rotatable bonds is 9. The number of nitrogens with two attached hydrogens (primary N) is 1. The zero-order valence-corrected chi connectivity index (χ0v) is 17.3. The molecule has 2 unspecified atom stereocenters. The Kier molecular flexibility index (Phi) is 8.26. The molecule has 7 heteroatoms. The molecule has 1 saturated carbocycles. The molecule has 0 aliphatic heterocycles. The number of nitrogens with one attached hydrogen (secondary N) is 1. The summed E-state index contributed by atoms with van der Waals surface area (Å²) in [6, 6.07) is 6.36. The molecule has 1 aromatic carbocycles. The third kappa shape index (κ3) is 5.53. The van der Waals surface area contributed by atoms with Gasteiger partial charge in [-0.2, -0.15) is 4.31 Å². The van der Waals surface area contributed by atoms with Crippen LogP contribution in [0.3, 0.4) is 0 Å². The lowest BCUT2D eigenvalue weighted by Gasteiger charge is -2.31. The van der Waals surface area contributed by atoms with Crippen molar-refractivity contribution < 1.29 is 13.2 Å². The third-order valence-corrected chi connectivity index (χ3v) is 7.14. The molecule has 0 spiro atoms. The zero-order chi connectivity index (χ0) is 19.9. The fraction of sp³-hybridized carbons (Fsp3) is 0.650. The smallest absolute Gasteiger partial charge is 0.251 e. The number of hydrogen-bond donors (Lipinski definition) is 2. The number of carbonyl (C=O) groups excluding carboxylic acids is 1. The van der Waals surface area contributed by atoms with Gasteiger partial charge < -0.3 is 11.1 Å². The minimum atomic E-state index is -3.52. The molecule has 27 heavy (non-hydrogen) atoms. The first-order chi connectivity index (χ1) is 12.9. The van der Waals surface area contributed by atoms with Crippen LogP contribution in [0.2, 0.25) is 0 Å². The molecule has 0 bridgehead atoms. The van der Waals surface area contributed by atoms with Gasteiger partial charge in [0.25, 0.3) is 5.91 Å². The molecule has 1 aromatic rings. The van der Waals surface area contributed by atoms with Crippen molar-refractivity contribution in [2.45, 2.75) is 63.3 Å². The van der Waals surface area contributed by atoms with E-state index in [4.69, 9.17) is 5.73 Å². The highest BCUT2D eigenvalue weighted by Gasteiger charge is 2.26. The standard InChI is InChI=1S/C20H33N3O3S/c1-3-13-23(14-4-2)27(25,26)18-11-9-16(10-12-18)20(24)22-19-8-6-5-7-17(19)15-21/h9-12,17,19H,3-8,13-15,21H2,1-2H3,(H,22,24). The van der Waals surface area contributed by atoms with E-state index in [0.717, 1.165) is 38.5 Å². The molecule has 0 heterocycles. The van der Waals surface area contributed by atoms with Crippen LogP contribution >= 0.6 is 0 Å². The number of carbonyl (C=O) groups is 1. The van der Waals surface area contributed by atoms with Crippen LogP contribution in [0.4, 0.5) is 0 Å². The Morgan fingerprint density at radius 3 is 2.26 bits per heavy atom. The van der Waals surface area contributed by atoms with Crippen molar-refractivity contribution in [3.63, 3.8) is 0 Å². The number of sulfonamides is 1. The predicted octanol–water partition coefficient (Wildman–Crippen LogP) is 2.74. The van der Waals surface area contributed by atoms with E-state index in [1.54, 1.807) is 12.1 Å². The van der Waals surface area contributed by atoms with E-state index in [1.807, 2.05) is 13.8 Å². The third-order valence-electron chi connectivity index (χ3n) is 5.23. The van der Waals surface area contributed by atoms with Crippen LogP contribution in [0, 0.1) is 5.92 Å². The molecule has 1 aliphatic carbocycles. The maximum absolute atomic E-state index is 12.8. The summed E-state index contributed by atoms with van der Waals surface area (Å²) in [6.07, 6.45) is 5.79. The van der Waals surface area contributed by atoms with Crippen molar-refractivity contribution >= 4 is 15.9 Å². The molecule has 2 atom stereocenters. The molecule has 0 radical (unpaired) electrons. The Labute approximate surface area is 163 Å². The highest BCUT2D eigenvalue weighted by Crippen LogP contribution is 2.24. The minimum absolute atomic E-state index is 0.101. The van der Waals surface area contributed by atoms with E-state index in [2.05, 4.69) is 5.32 Å². The van der Waals surface area contributed by atoms with Crippen molar-refractivity contribution in [1.29, 1.82) is 0 Å². The average Bonchev–Trinajstić information content (AvgIpc) is 2.68. The van der Waals surface area contributed by atoms with E-state index in [0.29, 0.717) is 31.1 Å². The van der Waals surface area contributed by atoms with Crippen LogP contribution in [0.5, 0.6) is 0 Å². The molecule has 152 valence electrons. The highest BCUT2D eigenvalue weighted by atomic mass is 32.2.